The van der Waals surface area contributed by atoms with Crippen LogP contribution in [0.4, 0.5) is 0 Å². The molecule has 0 unspecified atom stereocenters. The molecule has 4 N–H and O–H groups in total. The Morgan fingerprint density at radius 2 is 1.14 bits per heavy atom. The third-order valence-electron chi connectivity index (χ3n) is 6.69. The molecule has 0 radical (unpaired) electrons. The third-order valence-corrected chi connectivity index (χ3v) is 6.69. The molecule has 0 saturated carbocycles. The summed E-state index contributed by atoms with van der Waals surface area (Å²) in [6.45, 7) is 0. The van der Waals surface area contributed by atoms with Gasteiger partial charge in [0.25, 0.3) is 0 Å². The molecule has 37 heavy (non-hydrogen) atoms. The molecule has 0 spiro atoms. The Morgan fingerprint density at radius 3 is 1.65 bits per heavy atom. The number of aromatic carboxylic acids is 4. The minimum atomic E-state index is -1.43. The topological polar surface area (TPSA) is 149 Å². The standard InChI is InChI=1S/C29H18O8/c30-25(31)21-7-5-17(12-23(21)27(34)35)29(18-6-8-22(26(32)33)24(13-18)28(36)37)10-9-20-16(14-29)11-15-3-1-2-4-19(15)20/h1-14H,(H,30,31)(H,32,33)(H,34,35)(H,36,37). The van der Waals surface area contributed by atoms with Crippen molar-refractivity contribution in [2.45, 2.75) is 5.41 Å². The van der Waals surface area contributed by atoms with E-state index in [1.165, 1.54) is 36.4 Å². The molecule has 2 aliphatic carbocycles. The highest BCUT2D eigenvalue weighted by Crippen LogP contribution is 2.43. The number of fused-ring (bicyclic) bond motifs is 2. The molecule has 0 aromatic heterocycles. The van der Waals surface area contributed by atoms with Crippen LogP contribution in [0.15, 0.2) is 84.5 Å². The van der Waals surface area contributed by atoms with E-state index in [-0.39, 0.29) is 0 Å². The molecular formula is C29H18O8. The van der Waals surface area contributed by atoms with Crippen LogP contribution < -0.4 is 10.4 Å². The molecule has 2 aliphatic rings. The molecular weight excluding hydrogens is 476 g/mol. The van der Waals surface area contributed by atoms with Crippen molar-refractivity contribution in [1.82, 2.24) is 0 Å². The second kappa shape index (κ2) is 8.46. The van der Waals surface area contributed by atoms with Crippen LogP contribution in [-0.4, -0.2) is 44.3 Å². The molecule has 8 heteroatoms. The Morgan fingerprint density at radius 1 is 0.622 bits per heavy atom. The first-order chi connectivity index (χ1) is 17.6. The third kappa shape index (κ3) is 3.71. The summed E-state index contributed by atoms with van der Waals surface area (Å²) in [6.07, 6.45) is 7.45. The Labute approximate surface area is 209 Å². The molecule has 0 saturated heterocycles. The van der Waals surface area contributed by atoms with Gasteiger partial charge >= 0.3 is 23.9 Å². The van der Waals surface area contributed by atoms with Crippen LogP contribution in [0.3, 0.4) is 0 Å². The van der Waals surface area contributed by atoms with Gasteiger partial charge in [0.05, 0.1) is 27.7 Å². The summed E-state index contributed by atoms with van der Waals surface area (Å²) in [5.41, 5.74) is -0.371. The first-order valence-corrected chi connectivity index (χ1v) is 11.1. The average molecular weight is 494 g/mol. The number of carboxylic acid groups (broad SMARTS) is 4. The fourth-order valence-electron chi connectivity index (χ4n) is 4.94. The fraction of sp³-hybridized carbons (Fsp3) is 0.0345. The molecule has 8 nitrogen and oxygen atoms in total. The van der Waals surface area contributed by atoms with Gasteiger partial charge in [0.1, 0.15) is 0 Å². The first kappa shape index (κ1) is 23.5. The second-order valence-electron chi connectivity index (χ2n) is 8.69. The summed E-state index contributed by atoms with van der Waals surface area (Å²) in [6, 6.07) is 15.6. The maximum Gasteiger partial charge on any atom is 0.336 e. The second-order valence-corrected chi connectivity index (χ2v) is 8.69. The minimum Gasteiger partial charge on any atom is -0.478 e. The number of benzene rings is 3. The number of allylic oxidation sites excluding steroid dienone is 4. The Kier molecular flexibility index (Phi) is 5.37. The molecule has 5 rings (SSSR count). The van der Waals surface area contributed by atoms with E-state index in [0.29, 0.717) is 11.1 Å². The van der Waals surface area contributed by atoms with Crippen LogP contribution in [-0.2, 0) is 5.41 Å². The normalized spacial score (nSPS) is 14.7. The smallest absolute Gasteiger partial charge is 0.336 e. The molecule has 3 aromatic rings. The maximum absolute atomic E-state index is 11.9. The summed E-state index contributed by atoms with van der Waals surface area (Å²) >= 11 is 0. The van der Waals surface area contributed by atoms with E-state index < -0.39 is 51.5 Å². The predicted octanol–water partition coefficient (Wildman–Crippen LogP) is 2.91. The fourth-order valence-corrected chi connectivity index (χ4v) is 4.94. The lowest BCUT2D eigenvalue weighted by atomic mass is 9.69. The molecule has 0 aliphatic heterocycles. The van der Waals surface area contributed by atoms with Gasteiger partial charge in [0.2, 0.25) is 0 Å². The van der Waals surface area contributed by atoms with Crippen LogP contribution in [0.25, 0.3) is 11.6 Å². The van der Waals surface area contributed by atoms with Crippen molar-refractivity contribution in [2.75, 3.05) is 0 Å². The monoisotopic (exact) mass is 494 g/mol. The summed E-state index contributed by atoms with van der Waals surface area (Å²) in [5.74, 6) is -5.66. The highest BCUT2D eigenvalue weighted by molar-refractivity contribution is 6.03. The van der Waals surface area contributed by atoms with Gasteiger partial charge in [-0.1, -0.05) is 54.6 Å². The Balaban J connectivity index is 1.83. The number of carboxylic acids is 4. The Hall–Kier alpha value is -5.24. The lowest BCUT2D eigenvalue weighted by Crippen LogP contribution is -2.28. The van der Waals surface area contributed by atoms with E-state index in [1.54, 1.807) is 6.08 Å². The quantitative estimate of drug-likeness (QED) is 0.409. The minimum absolute atomic E-state index is 0.376. The van der Waals surface area contributed by atoms with E-state index in [4.69, 9.17) is 0 Å². The van der Waals surface area contributed by atoms with Crippen LogP contribution in [0.1, 0.15) is 52.6 Å². The maximum atomic E-state index is 11.9. The van der Waals surface area contributed by atoms with Gasteiger partial charge in [-0.25, -0.2) is 19.2 Å². The molecule has 0 amide bonds. The SMILES string of the molecule is O=C(O)c1ccc(C2(c3ccc(C(=O)O)c(C(=O)O)c3)C=CC3=c4ccccc4=CC3=C2)cc1C(=O)O. The van der Waals surface area contributed by atoms with Crippen molar-refractivity contribution < 1.29 is 39.6 Å². The lowest BCUT2D eigenvalue weighted by Gasteiger charge is -2.33. The summed E-state index contributed by atoms with van der Waals surface area (Å²) in [7, 11) is 0. The molecule has 0 bridgehead atoms. The van der Waals surface area contributed by atoms with E-state index in [1.807, 2.05) is 42.5 Å². The van der Waals surface area contributed by atoms with E-state index >= 15 is 0 Å². The van der Waals surface area contributed by atoms with Crippen LogP contribution in [0.2, 0.25) is 0 Å². The number of carbonyl (C=O) groups is 4. The van der Waals surface area contributed by atoms with Crippen molar-refractivity contribution in [3.8, 4) is 0 Å². The highest BCUT2D eigenvalue weighted by atomic mass is 16.4. The van der Waals surface area contributed by atoms with Gasteiger partial charge in [0, 0.05) is 0 Å². The molecule has 182 valence electrons. The Bertz CT molecular complexity index is 1660. The van der Waals surface area contributed by atoms with Gasteiger partial charge in [-0.3, -0.25) is 0 Å². The predicted molar refractivity (Wildman–Crippen MR) is 132 cm³/mol. The molecule has 0 heterocycles. The van der Waals surface area contributed by atoms with Gasteiger partial charge in [-0.15, -0.1) is 0 Å². The van der Waals surface area contributed by atoms with Crippen molar-refractivity contribution in [3.63, 3.8) is 0 Å². The highest BCUT2D eigenvalue weighted by Gasteiger charge is 2.36. The number of hydrogen-bond acceptors (Lipinski definition) is 4. The van der Waals surface area contributed by atoms with Crippen molar-refractivity contribution in [2.24, 2.45) is 0 Å². The van der Waals surface area contributed by atoms with Gasteiger partial charge in [-0.2, -0.15) is 0 Å². The van der Waals surface area contributed by atoms with Gasteiger partial charge in [-0.05, 0) is 63.1 Å². The van der Waals surface area contributed by atoms with Crippen LogP contribution in [0.5, 0.6) is 0 Å². The van der Waals surface area contributed by atoms with E-state index in [9.17, 15) is 39.6 Å². The van der Waals surface area contributed by atoms with Crippen LogP contribution >= 0.6 is 0 Å². The summed E-state index contributed by atoms with van der Waals surface area (Å²) in [4.78, 5) is 47.2. The number of rotatable bonds is 6. The largest absolute Gasteiger partial charge is 0.478 e. The molecule has 0 fully saturated rings. The average Bonchev–Trinajstić information content (AvgIpc) is 3.25. The zero-order valence-electron chi connectivity index (χ0n) is 19.0. The molecule has 3 aromatic carbocycles. The van der Waals surface area contributed by atoms with Crippen molar-refractivity contribution in [3.05, 3.63) is 128 Å². The van der Waals surface area contributed by atoms with Crippen molar-refractivity contribution in [1.29, 1.82) is 0 Å². The van der Waals surface area contributed by atoms with Crippen LogP contribution in [0, 0.1) is 0 Å². The zero-order chi connectivity index (χ0) is 26.5. The van der Waals surface area contributed by atoms with E-state index in [2.05, 4.69) is 0 Å². The van der Waals surface area contributed by atoms with Gasteiger partial charge < -0.3 is 20.4 Å². The zero-order valence-corrected chi connectivity index (χ0v) is 19.0. The summed E-state index contributed by atoms with van der Waals surface area (Å²) in [5, 5.41) is 40.4. The summed E-state index contributed by atoms with van der Waals surface area (Å²) < 4.78 is 0. The molecule has 0 atom stereocenters. The van der Waals surface area contributed by atoms with Crippen molar-refractivity contribution >= 4 is 35.5 Å². The van der Waals surface area contributed by atoms with E-state index in [0.717, 1.165) is 21.6 Å². The number of hydrogen-bond donors (Lipinski definition) is 4. The lowest BCUT2D eigenvalue weighted by molar-refractivity contribution is 0.0651. The first-order valence-electron chi connectivity index (χ1n) is 11.1. The van der Waals surface area contributed by atoms with Gasteiger partial charge in [0.15, 0.2) is 0 Å².